The SMILES string of the molecule is O=C(Nc1ncc(Cc2ccccc2F)s1)C1CCN(C(=O)N2CCCC2)CC1. The Balaban J connectivity index is 1.27. The number of halogens is 1. The van der Waals surface area contributed by atoms with Crippen molar-refractivity contribution in [2.24, 2.45) is 5.92 Å². The lowest BCUT2D eigenvalue weighted by Gasteiger charge is -2.33. The first-order chi connectivity index (χ1) is 14.1. The second kappa shape index (κ2) is 8.90. The van der Waals surface area contributed by atoms with Crippen molar-refractivity contribution >= 4 is 28.4 Å². The zero-order chi connectivity index (χ0) is 20.2. The summed E-state index contributed by atoms with van der Waals surface area (Å²) in [6, 6.07) is 6.79. The fraction of sp³-hybridized carbons (Fsp3) is 0.476. The zero-order valence-corrected chi connectivity index (χ0v) is 17.1. The van der Waals surface area contributed by atoms with Gasteiger partial charge in [0.2, 0.25) is 5.91 Å². The maximum atomic E-state index is 13.8. The first kappa shape index (κ1) is 19.8. The average molecular weight is 417 g/mol. The van der Waals surface area contributed by atoms with Crippen LogP contribution in [0.25, 0.3) is 0 Å². The fourth-order valence-electron chi connectivity index (χ4n) is 3.93. The van der Waals surface area contributed by atoms with Gasteiger partial charge in [-0.3, -0.25) is 4.79 Å². The number of likely N-dealkylation sites (tertiary alicyclic amines) is 2. The predicted molar refractivity (Wildman–Crippen MR) is 110 cm³/mol. The number of hydrogen-bond donors (Lipinski definition) is 1. The van der Waals surface area contributed by atoms with Crippen LogP contribution in [0.2, 0.25) is 0 Å². The Morgan fingerprint density at radius 2 is 1.79 bits per heavy atom. The van der Waals surface area contributed by atoms with Crippen LogP contribution in [-0.2, 0) is 11.2 Å². The van der Waals surface area contributed by atoms with Crippen LogP contribution in [-0.4, -0.2) is 52.9 Å². The second-order valence-corrected chi connectivity index (χ2v) is 8.74. The third-order valence-electron chi connectivity index (χ3n) is 5.62. The zero-order valence-electron chi connectivity index (χ0n) is 16.3. The summed E-state index contributed by atoms with van der Waals surface area (Å²) in [7, 11) is 0. The van der Waals surface area contributed by atoms with Crippen LogP contribution >= 0.6 is 11.3 Å². The summed E-state index contributed by atoms with van der Waals surface area (Å²) in [5, 5.41) is 3.43. The number of piperidine rings is 1. The third-order valence-corrected chi connectivity index (χ3v) is 6.53. The summed E-state index contributed by atoms with van der Waals surface area (Å²) in [5.74, 6) is -0.400. The van der Waals surface area contributed by atoms with Crippen LogP contribution in [0.1, 0.15) is 36.1 Å². The topological polar surface area (TPSA) is 65.5 Å². The van der Waals surface area contributed by atoms with Crippen molar-refractivity contribution in [2.75, 3.05) is 31.5 Å². The van der Waals surface area contributed by atoms with Gasteiger partial charge in [0.05, 0.1) is 0 Å². The van der Waals surface area contributed by atoms with E-state index in [2.05, 4.69) is 10.3 Å². The molecule has 0 bridgehead atoms. The lowest BCUT2D eigenvalue weighted by Crippen LogP contribution is -2.47. The van der Waals surface area contributed by atoms with Crippen molar-refractivity contribution in [3.63, 3.8) is 0 Å². The molecular weight excluding hydrogens is 391 g/mol. The molecule has 1 aromatic carbocycles. The lowest BCUT2D eigenvalue weighted by molar-refractivity contribution is -0.121. The molecule has 2 aromatic rings. The van der Waals surface area contributed by atoms with E-state index in [9.17, 15) is 14.0 Å². The van der Waals surface area contributed by atoms with Crippen molar-refractivity contribution in [3.8, 4) is 0 Å². The van der Waals surface area contributed by atoms with Gasteiger partial charge >= 0.3 is 6.03 Å². The van der Waals surface area contributed by atoms with E-state index in [0.717, 1.165) is 30.8 Å². The molecule has 6 nitrogen and oxygen atoms in total. The molecule has 1 aromatic heterocycles. The van der Waals surface area contributed by atoms with Gasteiger partial charge in [-0.15, -0.1) is 11.3 Å². The number of hydrogen-bond acceptors (Lipinski definition) is 4. The molecule has 0 atom stereocenters. The molecular formula is C21H25FN4O2S. The largest absolute Gasteiger partial charge is 0.325 e. The highest BCUT2D eigenvalue weighted by molar-refractivity contribution is 7.15. The maximum absolute atomic E-state index is 13.8. The van der Waals surface area contributed by atoms with Gasteiger partial charge in [-0.25, -0.2) is 14.2 Å². The van der Waals surface area contributed by atoms with Gasteiger partial charge in [-0.1, -0.05) is 18.2 Å². The lowest BCUT2D eigenvalue weighted by atomic mass is 9.96. The molecule has 0 aliphatic carbocycles. The highest BCUT2D eigenvalue weighted by Gasteiger charge is 2.30. The van der Waals surface area contributed by atoms with Gasteiger partial charge in [0.1, 0.15) is 5.82 Å². The van der Waals surface area contributed by atoms with E-state index in [1.165, 1.54) is 17.4 Å². The average Bonchev–Trinajstić information content (AvgIpc) is 3.42. The minimum Gasteiger partial charge on any atom is -0.325 e. The molecule has 29 heavy (non-hydrogen) atoms. The standard InChI is InChI=1S/C21H25FN4O2S/c22-18-6-2-1-5-16(18)13-17-14-23-20(29-17)24-19(27)15-7-11-26(12-8-15)21(28)25-9-3-4-10-25/h1-2,5-6,14-15H,3-4,7-13H2,(H,23,24,27). The van der Waals surface area contributed by atoms with E-state index in [1.807, 2.05) is 15.9 Å². The highest BCUT2D eigenvalue weighted by Crippen LogP contribution is 2.25. The van der Waals surface area contributed by atoms with Crippen LogP contribution in [0.5, 0.6) is 0 Å². The second-order valence-electron chi connectivity index (χ2n) is 7.63. The first-order valence-electron chi connectivity index (χ1n) is 10.1. The molecule has 0 unspecified atom stereocenters. The van der Waals surface area contributed by atoms with Crippen LogP contribution in [0.3, 0.4) is 0 Å². The molecule has 1 N–H and O–H groups in total. The molecule has 3 amide bonds. The van der Waals surface area contributed by atoms with Crippen molar-refractivity contribution in [1.29, 1.82) is 0 Å². The number of aromatic nitrogens is 1. The number of carbonyl (C=O) groups excluding carboxylic acids is 2. The Morgan fingerprint density at radius 1 is 1.10 bits per heavy atom. The van der Waals surface area contributed by atoms with Crippen molar-refractivity contribution < 1.29 is 14.0 Å². The van der Waals surface area contributed by atoms with Crippen molar-refractivity contribution in [1.82, 2.24) is 14.8 Å². The number of thiazole rings is 1. The van der Waals surface area contributed by atoms with Crippen LogP contribution < -0.4 is 5.32 Å². The van der Waals surface area contributed by atoms with Gasteiger partial charge in [-0.2, -0.15) is 0 Å². The molecule has 4 rings (SSSR count). The van der Waals surface area contributed by atoms with Crippen LogP contribution in [0, 0.1) is 11.7 Å². The molecule has 0 radical (unpaired) electrons. The van der Waals surface area contributed by atoms with Gasteiger partial charge in [0, 0.05) is 49.6 Å². The number of amides is 3. The predicted octanol–water partition coefficient (Wildman–Crippen LogP) is 3.74. The van der Waals surface area contributed by atoms with Crippen molar-refractivity contribution in [3.05, 3.63) is 46.7 Å². The molecule has 2 saturated heterocycles. The van der Waals surface area contributed by atoms with Crippen molar-refractivity contribution in [2.45, 2.75) is 32.1 Å². The van der Waals surface area contributed by atoms with Gasteiger partial charge in [0.25, 0.3) is 0 Å². The summed E-state index contributed by atoms with van der Waals surface area (Å²) in [4.78, 5) is 34.0. The minimum absolute atomic E-state index is 0.0509. The van der Waals surface area contributed by atoms with Gasteiger partial charge in [-0.05, 0) is 37.3 Å². The number of anilines is 1. The normalized spacial score (nSPS) is 17.6. The van der Waals surface area contributed by atoms with E-state index >= 15 is 0 Å². The Hall–Kier alpha value is -2.48. The minimum atomic E-state index is -0.235. The molecule has 0 spiro atoms. The monoisotopic (exact) mass is 416 g/mol. The number of benzene rings is 1. The van der Waals surface area contributed by atoms with E-state index in [-0.39, 0.29) is 23.7 Å². The smallest absolute Gasteiger partial charge is 0.319 e. The summed E-state index contributed by atoms with van der Waals surface area (Å²) >= 11 is 1.37. The Kier molecular flexibility index (Phi) is 6.08. The third kappa shape index (κ3) is 4.75. The molecule has 3 heterocycles. The number of rotatable bonds is 4. The summed E-state index contributed by atoms with van der Waals surface area (Å²) in [6.45, 7) is 2.92. The molecule has 2 aliphatic rings. The number of nitrogens with one attached hydrogen (secondary N) is 1. The van der Waals surface area contributed by atoms with E-state index < -0.39 is 0 Å². The van der Waals surface area contributed by atoms with E-state index in [4.69, 9.17) is 0 Å². The summed E-state index contributed by atoms with van der Waals surface area (Å²) in [6.07, 6.45) is 5.63. The highest BCUT2D eigenvalue weighted by atomic mass is 32.1. The number of carbonyl (C=O) groups is 2. The fourth-order valence-corrected chi connectivity index (χ4v) is 4.76. The molecule has 2 aliphatic heterocycles. The first-order valence-corrected chi connectivity index (χ1v) is 10.9. The van der Waals surface area contributed by atoms with E-state index in [1.54, 1.807) is 18.3 Å². The Labute approximate surface area is 173 Å². The number of urea groups is 1. The van der Waals surface area contributed by atoms with Gasteiger partial charge < -0.3 is 15.1 Å². The Bertz CT molecular complexity index is 873. The molecule has 0 saturated carbocycles. The quantitative estimate of drug-likeness (QED) is 0.826. The van der Waals surface area contributed by atoms with Crippen LogP contribution in [0.4, 0.5) is 14.3 Å². The van der Waals surface area contributed by atoms with Crippen LogP contribution in [0.15, 0.2) is 30.5 Å². The number of nitrogens with zero attached hydrogens (tertiary/aromatic N) is 3. The molecule has 2 fully saturated rings. The molecule has 8 heteroatoms. The Morgan fingerprint density at radius 3 is 2.52 bits per heavy atom. The van der Waals surface area contributed by atoms with E-state index in [0.29, 0.717) is 43.0 Å². The maximum Gasteiger partial charge on any atom is 0.319 e. The van der Waals surface area contributed by atoms with Gasteiger partial charge in [0.15, 0.2) is 5.13 Å². The summed E-state index contributed by atoms with van der Waals surface area (Å²) in [5.41, 5.74) is 0.615. The summed E-state index contributed by atoms with van der Waals surface area (Å²) < 4.78 is 13.8. The molecule has 154 valence electrons.